The van der Waals surface area contributed by atoms with E-state index in [9.17, 15) is 0 Å². The minimum Gasteiger partial charge on any atom is -0.370 e. The topological polar surface area (TPSA) is 37.0 Å². The predicted molar refractivity (Wildman–Crippen MR) is 134 cm³/mol. The minimum atomic E-state index is 0.0588. The molecule has 3 nitrogen and oxygen atoms in total. The van der Waals surface area contributed by atoms with E-state index in [1.165, 1.54) is 24.2 Å². The molecule has 0 saturated carbocycles. The number of pyridine rings is 1. The van der Waals surface area contributed by atoms with Crippen molar-refractivity contribution in [2.75, 3.05) is 24.2 Å². The van der Waals surface area contributed by atoms with Crippen molar-refractivity contribution in [3.8, 4) is 0 Å². The van der Waals surface area contributed by atoms with Crippen molar-refractivity contribution < 1.29 is 0 Å². The van der Waals surface area contributed by atoms with Gasteiger partial charge < -0.3 is 10.6 Å². The van der Waals surface area contributed by atoms with Gasteiger partial charge in [-0.15, -0.1) is 11.8 Å². The Morgan fingerprint density at radius 1 is 0.967 bits per heavy atom. The van der Waals surface area contributed by atoms with E-state index in [1.807, 2.05) is 11.8 Å². The quantitative estimate of drug-likeness (QED) is 0.257. The Hall–Kier alpha value is -1.52. The highest BCUT2D eigenvalue weighted by molar-refractivity contribution is 7.99. The fraction of sp³-hybridized carbons (Fsp3) is 0.577. The Kier molecular flexibility index (Phi) is 10.2. The van der Waals surface area contributed by atoms with Crippen LogP contribution in [-0.2, 0) is 6.42 Å². The Bertz CT molecular complexity index is 732. The van der Waals surface area contributed by atoms with Gasteiger partial charge in [0.1, 0.15) is 5.82 Å². The van der Waals surface area contributed by atoms with Gasteiger partial charge in [-0.2, -0.15) is 0 Å². The molecule has 2 N–H and O–H groups in total. The van der Waals surface area contributed by atoms with Crippen LogP contribution in [0.15, 0.2) is 53.4 Å². The molecule has 2 rings (SSSR count). The maximum absolute atomic E-state index is 4.91. The van der Waals surface area contributed by atoms with Crippen LogP contribution in [-0.4, -0.2) is 29.4 Å². The van der Waals surface area contributed by atoms with Crippen LogP contribution < -0.4 is 10.6 Å². The molecular formula is C26H41N3S. The van der Waals surface area contributed by atoms with E-state index in [0.717, 1.165) is 43.2 Å². The molecule has 1 aromatic carbocycles. The molecule has 0 radical (unpaired) electrons. The van der Waals surface area contributed by atoms with Gasteiger partial charge in [-0.05, 0) is 49.4 Å². The molecule has 0 amide bonds. The zero-order chi connectivity index (χ0) is 21.9. The van der Waals surface area contributed by atoms with E-state index >= 15 is 0 Å². The lowest BCUT2D eigenvalue weighted by Crippen LogP contribution is -2.45. The van der Waals surface area contributed by atoms with Gasteiger partial charge in [0.2, 0.25) is 0 Å². The zero-order valence-corrected chi connectivity index (χ0v) is 20.4. The third-order valence-corrected chi connectivity index (χ3v) is 6.79. The van der Waals surface area contributed by atoms with Gasteiger partial charge in [0.25, 0.3) is 0 Å². The monoisotopic (exact) mass is 427 g/mol. The van der Waals surface area contributed by atoms with E-state index in [0.29, 0.717) is 5.41 Å². The first-order valence-corrected chi connectivity index (χ1v) is 12.5. The van der Waals surface area contributed by atoms with Crippen molar-refractivity contribution in [2.45, 2.75) is 77.2 Å². The second-order valence-corrected chi connectivity index (χ2v) is 10.5. The molecule has 1 unspecified atom stereocenters. The smallest absolute Gasteiger partial charge is 0.126 e. The van der Waals surface area contributed by atoms with Gasteiger partial charge in [-0.25, -0.2) is 4.98 Å². The number of benzene rings is 1. The molecule has 30 heavy (non-hydrogen) atoms. The SMILES string of the molecule is CCCCC(C)(C)CNc1cccc(CC(C)(CC)NCCSc2ccccc2)n1. The first-order valence-electron chi connectivity index (χ1n) is 11.5. The van der Waals surface area contributed by atoms with Crippen LogP contribution in [0.1, 0.15) is 66.0 Å². The maximum Gasteiger partial charge on any atom is 0.126 e. The molecule has 0 fully saturated rings. The summed E-state index contributed by atoms with van der Waals surface area (Å²) < 4.78 is 0. The van der Waals surface area contributed by atoms with Crippen LogP contribution in [0.4, 0.5) is 5.82 Å². The molecule has 0 saturated heterocycles. The van der Waals surface area contributed by atoms with Crippen molar-refractivity contribution in [1.29, 1.82) is 0 Å². The van der Waals surface area contributed by atoms with Crippen molar-refractivity contribution >= 4 is 17.6 Å². The van der Waals surface area contributed by atoms with E-state index in [-0.39, 0.29) is 5.54 Å². The fourth-order valence-electron chi connectivity index (χ4n) is 3.50. The molecule has 166 valence electrons. The molecule has 2 aromatic rings. The van der Waals surface area contributed by atoms with Gasteiger partial charge in [0, 0.05) is 41.4 Å². The molecule has 0 aliphatic rings. The number of unbranched alkanes of at least 4 members (excludes halogenated alkanes) is 1. The van der Waals surface area contributed by atoms with E-state index in [4.69, 9.17) is 4.98 Å². The van der Waals surface area contributed by atoms with E-state index in [2.05, 4.69) is 93.8 Å². The molecule has 1 atom stereocenters. The van der Waals surface area contributed by atoms with Crippen LogP contribution in [0.25, 0.3) is 0 Å². The zero-order valence-electron chi connectivity index (χ0n) is 19.6. The van der Waals surface area contributed by atoms with Crippen LogP contribution in [0, 0.1) is 5.41 Å². The van der Waals surface area contributed by atoms with E-state index in [1.54, 1.807) is 0 Å². The molecule has 0 aliphatic heterocycles. The molecule has 0 aliphatic carbocycles. The molecule has 0 spiro atoms. The minimum absolute atomic E-state index is 0.0588. The summed E-state index contributed by atoms with van der Waals surface area (Å²) in [4.78, 5) is 6.24. The lowest BCUT2D eigenvalue weighted by molar-refractivity contribution is 0.344. The standard InChI is InChI=1S/C26H41N3S/c1-6-8-17-25(3,4)21-27-24-16-12-13-22(29-24)20-26(5,7-2)28-18-19-30-23-14-10-9-11-15-23/h9-16,28H,6-8,17-21H2,1-5H3,(H,27,29). The average Bonchev–Trinajstić information content (AvgIpc) is 2.75. The molecule has 0 bridgehead atoms. The number of hydrogen-bond acceptors (Lipinski definition) is 4. The van der Waals surface area contributed by atoms with Crippen LogP contribution >= 0.6 is 11.8 Å². The molecule has 4 heteroatoms. The number of nitrogens with zero attached hydrogens (tertiary/aromatic N) is 1. The second-order valence-electron chi connectivity index (χ2n) is 9.31. The summed E-state index contributed by atoms with van der Waals surface area (Å²) in [5.41, 5.74) is 1.51. The highest BCUT2D eigenvalue weighted by Crippen LogP contribution is 2.24. The Morgan fingerprint density at radius 2 is 1.73 bits per heavy atom. The van der Waals surface area contributed by atoms with Gasteiger partial charge in [-0.3, -0.25) is 0 Å². The third-order valence-electron chi connectivity index (χ3n) is 5.78. The highest BCUT2D eigenvalue weighted by atomic mass is 32.2. The summed E-state index contributed by atoms with van der Waals surface area (Å²) in [5.74, 6) is 2.07. The first kappa shape index (κ1) is 24.7. The lowest BCUT2D eigenvalue weighted by atomic mass is 9.87. The van der Waals surface area contributed by atoms with Gasteiger partial charge in [0.05, 0.1) is 0 Å². The molecule has 1 heterocycles. The predicted octanol–water partition coefficient (Wildman–Crippen LogP) is 6.80. The lowest BCUT2D eigenvalue weighted by Gasteiger charge is -2.30. The molecular weight excluding hydrogens is 386 g/mol. The summed E-state index contributed by atoms with van der Waals surface area (Å²) >= 11 is 1.91. The number of nitrogens with one attached hydrogen (secondary N) is 2. The van der Waals surface area contributed by atoms with Crippen molar-refractivity contribution in [1.82, 2.24) is 10.3 Å². The number of thioether (sulfide) groups is 1. The average molecular weight is 428 g/mol. The Balaban J connectivity index is 1.85. The number of rotatable bonds is 14. The Morgan fingerprint density at radius 3 is 2.43 bits per heavy atom. The van der Waals surface area contributed by atoms with Crippen molar-refractivity contribution in [3.05, 3.63) is 54.2 Å². The van der Waals surface area contributed by atoms with Crippen LogP contribution in [0.5, 0.6) is 0 Å². The summed E-state index contributed by atoms with van der Waals surface area (Å²) in [6.45, 7) is 13.5. The van der Waals surface area contributed by atoms with Gasteiger partial charge in [0.15, 0.2) is 0 Å². The normalized spacial score (nSPS) is 13.8. The number of hydrogen-bond donors (Lipinski definition) is 2. The maximum atomic E-state index is 4.91. The number of anilines is 1. The summed E-state index contributed by atoms with van der Waals surface area (Å²) in [7, 11) is 0. The van der Waals surface area contributed by atoms with Crippen molar-refractivity contribution in [2.24, 2.45) is 5.41 Å². The van der Waals surface area contributed by atoms with E-state index < -0.39 is 0 Å². The van der Waals surface area contributed by atoms with Crippen molar-refractivity contribution in [3.63, 3.8) is 0 Å². The summed E-state index contributed by atoms with van der Waals surface area (Å²) in [6.07, 6.45) is 5.80. The first-order chi connectivity index (χ1) is 14.4. The number of aromatic nitrogens is 1. The van der Waals surface area contributed by atoms with Gasteiger partial charge in [-0.1, -0.05) is 64.8 Å². The fourth-order valence-corrected chi connectivity index (χ4v) is 4.29. The summed E-state index contributed by atoms with van der Waals surface area (Å²) in [5, 5.41) is 7.36. The second kappa shape index (κ2) is 12.4. The largest absolute Gasteiger partial charge is 0.370 e. The highest BCUT2D eigenvalue weighted by Gasteiger charge is 2.23. The Labute approximate surface area is 188 Å². The van der Waals surface area contributed by atoms with Gasteiger partial charge >= 0.3 is 0 Å². The van der Waals surface area contributed by atoms with Crippen LogP contribution in [0.3, 0.4) is 0 Å². The summed E-state index contributed by atoms with van der Waals surface area (Å²) in [6, 6.07) is 17.0. The molecule has 1 aromatic heterocycles. The third kappa shape index (κ3) is 9.09. The van der Waals surface area contributed by atoms with Crippen LogP contribution in [0.2, 0.25) is 0 Å².